The van der Waals surface area contributed by atoms with E-state index in [4.69, 9.17) is 11.6 Å². The van der Waals surface area contributed by atoms with Crippen molar-refractivity contribution in [3.05, 3.63) is 35.0 Å². The Morgan fingerprint density at radius 1 is 1.30 bits per heavy atom. The summed E-state index contributed by atoms with van der Waals surface area (Å²) >= 11 is 6.22. The first kappa shape index (κ1) is 15.6. The first-order chi connectivity index (χ1) is 10.8. The minimum Gasteiger partial charge on any atom is -0.505 e. The van der Waals surface area contributed by atoms with Crippen LogP contribution in [-0.2, 0) is 16.0 Å². The molecule has 0 radical (unpaired) electrons. The Labute approximate surface area is 137 Å². The zero-order valence-corrected chi connectivity index (χ0v) is 13.4. The molecule has 0 aliphatic carbocycles. The van der Waals surface area contributed by atoms with Gasteiger partial charge in [0.1, 0.15) is 22.8 Å². The van der Waals surface area contributed by atoms with Gasteiger partial charge < -0.3 is 15.7 Å². The highest BCUT2D eigenvalue weighted by molar-refractivity contribution is 6.35. The maximum Gasteiger partial charge on any atom is 0.234 e. The van der Waals surface area contributed by atoms with Crippen molar-refractivity contribution in [1.29, 1.82) is 0 Å². The Hall–Kier alpha value is -2.34. The van der Waals surface area contributed by atoms with Gasteiger partial charge in [0.05, 0.1) is 5.02 Å². The molecule has 6 nitrogen and oxygen atoms in total. The minimum absolute atomic E-state index is 0.0474. The zero-order valence-electron chi connectivity index (χ0n) is 12.7. The summed E-state index contributed by atoms with van der Waals surface area (Å²) in [7, 11) is 0. The monoisotopic (exact) mass is 333 g/mol. The fraction of sp³-hybridized carbons (Fsp3) is 0.312. The lowest BCUT2D eigenvalue weighted by Crippen LogP contribution is -2.65. The van der Waals surface area contributed by atoms with Crippen molar-refractivity contribution in [3.8, 4) is 5.75 Å². The van der Waals surface area contributed by atoms with Crippen molar-refractivity contribution in [2.24, 2.45) is 5.92 Å². The molecule has 2 heterocycles. The van der Waals surface area contributed by atoms with Gasteiger partial charge in [-0.3, -0.25) is 14.6 Å². The molecule has 0 unspecified atom stereocenters. The van der Waals surface area contributed by atoms with Crippen LogP contribution in [0.4, 0.5) is 0 Å². The number of amides is 2. The second kappa shape index (κ2) is 5.38. The number of pyridine rings is 1. The predicted molar refractivity (Wildman–Crippen MR) is 86.0 cm³/mol. The molecule has 120 valence electrons. The number of benzene rings is 1. The molecular weight excluding hydrogens is 318 g/mol. The number of aromatic nitrogens is 1. The summed E-state index contributed by atoms with van der Waals surface area (Å²) in [5.74, 6) is -1.74. The Balaban J connectivity index is 1.98. The third-order valence-electron chi connectivity index (χ3n) is 3.82. The number of nitrogens with zero attached hydrogens (tertiary/aromatic N) is 1. The van der Waals surface area contributed by atoms with Crippen molar-refractivity contribution in [3.63, 3.8) is 0 Å². The van der Waals surface area contributed by atoms with E-state index in [1.807, 2.05) is 0 Å². The van der Waals surface area contributed by atoms with Crippen LogP contribution in [0.25, 0.3) is 10.9 Å². The van der Waals surface area contributed by atoms with E-state index >= 15 is 0 Å². The average Bonchev–Trinajstić information content (AvgIpc) is 2.47. The molecule has 2 amide bonds. The van der Waals surface area contributed by atoms with Crippen molar-refractivity contribution in [2.45, 2.75) is 25.9 Å². The minimum atomic E-state index is -0.925. The van der Waals surface area contributed by atoms with Gasteiger partial charge in [-0.25, -0.2) is 0 Å². The van der Waals surface area contributed by atoms with Gasteiger partial charge in [0.15, 0.2) is 0 Å². The van der Waals surface area contributed by atoms with Crippen LogP contribution in [0.15, 0.2) is 24.4 Å². The van der Waals surface area contributed by atoms with E-state index < -0.39 is 11.6 Å². The van der Waals surface area contributed by atoms with E-state index in [0.717, 1.165) is 0 Å². The van der Waals surface area contributed by atoms with Crippen LogP contribution < -0.4 is 10.6 Å². The summed E-state index contributed by atoms with van der Waals surface area (Å²) in [6.45, 7) is 3.40. The van der Waals surface area contributed by atoms with Crippen LogP contribution in [-0.4, -0.2) is 27.6 Å². The molecule has 0 atom stereocenters. The van der Waals surface area contributed by atoms with Gasteiger partial charge in [0, 0.05) is 11.6 Å². The number of hydrogen-bond acceptors (Lipinski definition) is 4. The van der Waals surface area contributed by atoms with Crippen LogP contribution >= 0.6 is 11.6 Å². The lowest BCUT2D eigenvalue weighted by Gasteiger charge is -2.35. The van der Waals surface area contributed by atoms with Crippen molar-refractivity contribution >= 4 is 34.3 Å². The lowest BCUT2D eigenvalue weighted by molar-refractivity contribution is -0.142. The Kier molecular flexibility index (Phi) is 3.64. The molecule has 0 bridgehead atoms. The normalized spacial score (nSPS) is 17.9. The summed E-state index contributed by atoms with van der Waals surface area (Å²) in [4.78, 5) is 28.5. The summed E-state index contributed by atoms with van der Waals surface area (Å²) in [6.07, 6.45) is 1.59. The molecule has 7 heteroatoms. The molecule has 0 spiro atoms. The van der Waals surface area contributed by atoms with Crippen LogP contribution in [0.3, 0.4) is 0 Å². The van der Waals surface area contributed by atoms with E-state index in [9.17, 15) is 14.7 Å². The number of carbonyl (C=O) groups excluding carboxylic acids is 2. The number of phenols is 1. The second-order valence-electron chi connectivity index (χ2n) is 6.13. The SMILES string of the molecule is CC1(C)NC(=O)C(Cc2cc(Cl)c3cccnc3c2O)C(=O)N1. The molecule has 0 saturated carbocycles. The van der Waals surface area contributed by atoms with Gasteiger partial charge in [-0.1, -0.05) is 11.6 Å². The molecule has 23 heavy (non-hydrogen) atoms. The van der Waals surface area contributed by atoms with Crippen molar-refractivity contribution in [1.82, 2.24) is 15.6 Å². The maximum absolute atomic E-state index is 12.2. The molecule has 1 aromatic carbocycles. The van der Waals surface area contributed by atoms with Crippen LogP contribution in [0.5, 0.6) is 5.75 Å². The first-order valence-corrected chi connectivity index (χ1v) is 7.55. The predicted octanol–water partition coefficient (Wildman–Crippen LogP) is 1.73. The molecule has 1 aliphatic rings. The summed E-state index contributed by atoms with van der Waals surface area (Å²) in [5, 5.41) is 16.9. The fourth-order valence-electron chi connectivity index (χ4n) is 2.74. The van der Waals surface area contributed by atoms with E-state index in [0.29, 0.717) is 21.5 Å². The Bertz CT molecular complexity index is 800. The van der Waals surface area contributed by atoms with Crippen LogP contribution in [0, 0.1) is 5.92 Å². The van der Waals surface area contributed by atoms with Crippen molar-refractivity contribution in [2.75, 3.05) is 0 Å². The van der Waals surface area contributed by atoms with E-state index in [1.165, 1.54) is 0 Å². The molecular formula is C16H16ClN3O3. The maximum atomic E-state index is 12.2. The molecule has 1 saturated heterocycles. The van der Waals surface area contributed by atoms with Gasteiger partial charge in [-0.2, -0.15) is 0 Å². The second-order valence-corrected chi connectivity index (χ2v) is 6.53. The van der Waals surface area contributed by atoms with Crippen LogP contribution in [0.2, 0.25) is 5.02 Å². The largest absolute Gasteiger partial charge is 0.505 e. The number of halogens is 1. The number of rotatable bonds is 2. The molecule has 3 N–H and O–H groups in total. The summed E-state index contributed by atoms with van der Waals surface area (Å²) < 4.78 is 0. The molecule has 1 aliphatic heterocycles. The molecule has 3 rings (SSSR count). The summed E-state index contributed by atoms with van der Waals surface area (Å²) in [5.41, 5.74) is -0.0156. The third-order valence-corrected chi connectivity index (χ3v) is 4.14. The fourth-order valence-corrected chi connectivity index (χ4v) is 3.02. The first-order valence-electron chi connectivity index (χ1n) is 7.17. The summed E-state index contributed by atoms with van der Waals surface area (Å²) in [6, 6.07) is 5.04. The smallest absolute Gasteiger partial charge is 0.234 e. The quantitative estimate of drug-likeness (QED) is 0.730. The van der Waals surface area contributed by atoms with Crippen molar-refractivity contribution < 1.29 is 14.7 Å². The number of hydrogen-bond donors (Lipinski definition) is 3. The van der Waals surface area contributed by atoms with Gasteiger partial charge >= 0.3 is 0 Å². The van der Waals surface area contributed by atoms with Gasteiger partial charge in [0.25, 0.3) is 0 Å². The lowest BCUT2D eigenvalue weighted by atomic mass is 9.92. The molecule has 1 aromatic heterocycles. The Morgan fingerprint density at radius 3 is 2.61 bits per heavy atom. The standard InChI is InChI=1S/C16H16ClN3O3/c1-16(2)19-14(22)10(15(23)20-16)6-8-7-11(17)9-4-3-5-18-12(9)13(8)21/h3-5,7,10,21H,6H2,1-2H3,(H,19,22)(H,20,23). The highest BCUT2D eigenvalue weighted by Crippen LogP contribution is 2.34. The Morgan fingerprint density at radius 2 is 1.96 bits per heavy atom. The third kappa shape index (κ3) is 2.82. The van der Waals surface area contributed by atoms with E-state index in [1.54, 1.807) is 38.2 Å². The van der Waals surface area contributed by atoms with E-state index in [2.05, 4.69) is 15.6 Å². The highest BCUT2D eigenvalue weighted by Gasteiger charge is 2.39. The number of fused-ring (bicyclic) bond motifs is 1. The van der Waals surface area contributed by atoms with Gasteiger partial charge in [-0.15, -0.1) is 0 Å². The van der Waals surface area contributed by atoms with Crippen LogP contribution in [0.1, 0.15) is 19.4 Å². The topological polar surface area (TPSA) is 91.3 Å². The molecule has 2 aromatic rings. The van der Waals surface area contributed by atoms with Gasteiger partial charge in [0.2, 0.25) is 11.8 Å². The zero-order chi connectivity index (χ0) is 16.8. The number of carbonyl (C=O) groups is 2. The van der Waals surface area contributed by atoms with Gasteiger partial charge in [-0.05, 0) is 44.0 Å². The highest BCUT2D eigenvalue weighted by atomic mass is 35.5. The van der Waals surface area contributed by atoms with E-state index in [-0.39, 0.29) is 24.0 Å². The molecule has 1 fully saturated rings. The average molecular weight is 334 g/mol. The number of phenolic OH excluding ortho intramolecular Hbond substituents is 1. The number of nitrogens with one attached hydrogen (secondary N) is 2. The number of aromatic hydroxyl groups is 1.